The number of rotatable bonds is 4. The van der Waals surface area contributed by atoms with E-state index in [1.54, 1.807) is 19.1 Å². The molecular weight excluding hydrogens is 350 g/mol. The number of fused-ring (bicyclic) bond motifs is 1. The van der Waals surface area contributed by atoms with Crippen LogP contribution >= 0.6 is 0 Å². The molecular formula is C20H15NO6. The molecule has 0 N–H and O–H groups in total. The molecule has 2 aromatic rings. The quantitative estimate of drug-likeness (QED) is 0.269. The number of ether oxygens (including phenoxy) is 2. The van der Waals surface area contributed by atoms with Gasteiger partial charge < -0.3 is 9.47 Å². The number of carbonyl (C=O) groups excluding carboxylic acids is 2. The Balaban J connectivity index is 1.63. The van der Waals surface area contributed by atoms with Crippen molar-refractivity contribution in [3.05, 3.63) is 69.0 Å². The minimum Gasteiger partial charge on any atom is -0.452 e. The number of benzene rings is 2. The van der Waals surface area contributed by atoms with E-state index in [1.807, 2.05) is 0 Å². The van der Waals surface area contributed by atoms with Crippen LogP contribution < -0.4 is 9.47 Å². The Labute approximate surface area is 154 Å². The summed E-state index contributed by atoms with van der Waals surface area (Å²) in [5.41, 5.74) is 1.45. The number of carbonyl (C=O) groups is 2. The average molecular weight is 365 g/mol. The molecule has 0 unspecified atom stereocenters. The summed E-state index contributed by atoms with van der Waals surface area (Å²) >= 11 is 0. The molecule has 2 aliphatic rings. The summed E-state index contributed by atoms with van der Waals surface area (Å²) in [6.45, 7) is 1.74. The minimum absolute atomic E-state index is 0.0366. The number of nitro benzene ring substituents is 1. The maximum absolute atomic E-state index is 12.7. The van der Waals surface area contributed by atoms with Gasteiger partial charge in [-0.15, -0.1) is 0 Å². The SMILES string of the molecule is Cc1cc(OC(=O)C2CC2)cc2c1C(=O)/C(=C/c1cccc([N+](=O)[O-])c1)O2. The number of hydrogen-bond acceptors (Lipinski definition) is 6. The van der Waals surface area contributed by atoms with Crippen LogP contribution in [0, 0.1) is 23.0 Å². The Bertz CT molecular complexity index is 1020. The number of nitrogens with zero attached hydrogens (tertiary/aromatic N) is 1. The summed E-state index contributed by atoms with van der Waals surface area (Å²) < 4.78 is 11.0. The zero-order chi connectivity index (χ0) is 19.1. The number of non-ortho nitro benzene ring substituents is 1. The number of aryl methyl sites for hydroxylation is 1. The Hall–Kier alpha value is -3.48. The lowest BCUT2D eigenvalue weighted by molar-refractivity contribution is -0.384. The van der Waals surface area contributed by atoms with E-state index >= 15 is 0 Å². The van der Waals surface area contributed by atoms with Gasteiger partial charge in [0.25, 0.3) is 5.69 Å². The number of ketones is 1. The molecule has 0 spiro atoms. The first-order chi connectivity index (χ1) is 12.9. The highest BCUT2D eigenvalue weighted by atomic mass is 16.6. The lowest BCUT2D eigenvalue weighted by Crippen LogP contribution is -2.10. The average Bonchev–Trinajstić information content (AvgIpc) is 3.41. The first-order valence-corrected chi connectivity index (χ1v) is 8.47. The smallest absolute Gasteiger partial charge is 0.314 e. The van der Waals surface area contributed by atoms with Crippen LogP contribution in [-0.2, 0) is 4.79 Å². The van der Waals surface area contributed by atoms with Crippen LogP contribution in [0.5, 0.6) is 11.5 Å². The minimum atomic E-state index is -0.501. The van der Waals surface area contributed by atoms with Crippen molar-refractivity contribution in [3.63, 3.8) is 0 Å². The molecule has 0 bridgehead atoms. The third kappa shape index (κ3) is 3.31. The second kappa shape index (κ2) is 6.35. The molecule has 4 rings (SSSR count). The van der Waals surface area contributed by atoms with Crippen molar-refractivity contribution in [2.75, 3.05) is 0 Å². The highest BCUT2D eigenvalue weighted by Crippen LogP contribution is 2.38. The summed E-state index contributed by atoms with van der Waals surface area (Å²) in [5.74, 6) is 0.104. The maximum atomic E-state index is 12.7. The molecule has 0 saturated heterocycles. The molecule has 0 aromatic heterocycles. The molecule has 0 radical (unpaired) electrons. The molecule has 0 atom stereocenters. The lowest BCUT2D eigenvalue weighted by atomic mass is 10.0. The van der Waals surface area contributed by atoms with Crippen molar-refractivity contribution in [1.29, 1.82) is 0 Å². The van der Waals surface area contributed by atoms with E-state index in [4.69, 9.17) is 9.47 Å². The number of Topliss-reactive ketones (excluding diaryl/α,β-unsaturated/α-hetero) is 1. The number of allylic oxidation sites excluding steroid dienone is 1. The fourth-order valence-electron chi connectivity index (χ4n) is 2.93. The van der Waals surface area contributed by atoms with Gasteiger partial charge in [0.05, 0.1) is 16.4 Å². The van der Waals surface area contributed by atoms with Crippen LogP contribution in [0.25, 0.3) is 6.08 Å². The number of esters is 1. The number of nitro groups is 1. The van der Waals surface area contributed by atoms with Crippen LogP contribution in [0.2, 0.25) is 0 Å². The standard InChI is InChI=1S/C20H15NO6/c1-11-7-15(26-20(23)13-5-6-13)10-16-18(11)19(22)17(27-16)9-12-3-2-4-14(8-12)21(24)25/h2-4,7-10,13H,5-6H2,1H3/b17-9-. The molecule has 1 saturated carbocycles. The van der Waals surface area contributed by atoms with Gasteiger partial charge in [0.1, 0.15) is 11.5 Å². The normalized spacial score (nSPS) is 16.8. The van der Waals surface area contributed by atoms with Gasteiger partial charge in [0.15, 0.2) is 5.76 Å². The molecule has 1 aliphatic carbocycles. The van der Waals surface area contributed by atoms with Gasteiger partial charge in [-0.1, -0.05) is 12.1 Å². The van der Waals surface area contributed by atoms with E-state index in [-0.39, 0.29) is 29.1 Å². The summed E-state index contributed by atoms with van der Waals surface area (Å²) in [7, 11) is 0. The van der Waals surface area contributed by atoms with E-state index in [2.05, 4.69) is 0 Å². The Morgan fingerprint density at radius 2 is 2.07 bits per heavy atom. The van der Waals surface area contributed by atoms with Crippen molar-refractivity contribution in [2.45, 2.75) is 19.8 Å². The van der Waals surface area contributed by atoms with Crippen molar-refractivity contribution in [1.82, 2.24) is 0 Å². The van der Waals surface area contributed by atoms with Crippen LogP contribution in [0.4, 0.5) is 5.69 Å². The Morgan fingerprint density at radius 3 is 2.78 bits per heavy atom. The molecule has 7 heteroatoms. The largest absolute Gasteiger partial charge is 0.452 e. The van der Waals surface area contributed by atoms with E-state index in [0.29, 0.717) is 28.2 Å². The lowest BCUT2D eigenvalue weighted by Gasteiger charge is -2.07. The summed E-state index contributed by atoms with van der Waals surface area (Å²) in [6, 6.07) is 9.08. The third-order valence-corrected chi connectivity index (χ3v) is 4.45. The monoisotopic (exact) mass is 365 g/mol. The highest BCUT2D eigenvalue weighted by molar-refractivity contribution is 6.15. The number of hydrogen-bond donors (Lipinski definition) is 0. The maximum Gasteiger partial charge on any atom is 0.314 e. The summed E-state index contributed by atoms with van der Waals surface area (Å²) in [5, 5.41) is 10.9. The molecule has 27 heavy (non-hydrogen) atoms. The van der Waals surface area contributed by atoms with E-state index in [1.165, 1.54) is 30.3 Å². The van der Waals surface area contributed by atoms with Crippen molar-refractivity contribution >= 4 is 23.5 Å². The molecule has 2 aromatic carbocycles. The van der Waals surface area contributed by atoms with Gasteiger partial charge in [-0.3, -0.25) is 19.7 Å². The third-order valence-electron chi connectivity index (χ3n) is 4.45. The molecule has 1 heterocycles. The van der Waals surface area contributed by atoms with E-state index < -0.39 is 4.92 Å². The van der Waals surface area contributed by atoms with Gasteiger partial charge in [0.2, 0.25) is 5.78 Å². The zero-order valence-electron chi connectivity index (χ0n) is 14.4. The summed E-state index contributed by atoms with van der Waals surface area (Å²) in [6.07, 6.45) is 3.15. The molecule has 7 nitrogen and oxygen atoms in total. The molecule has 136 valence electrons. The van der Waals surface area contributed by atoms with E-state index in [9.17, 15) is 19.7 Å². The van der Waals surface area contributed by atoms with Crippen molar-refractivity contribution in [2.24, 2.45) is 5.92 Å². The van der Waals surface area contributed by atoms with Crippen LogP contribution in [0.3, 0.4) is 0 Å². The second-order valence-corrected chi connectivity index (χ2v) is 6.60. The first-order valence-electron chi connectivity index (χ1n) is 8.47. The molecule has 1 fully saturated rings. The Morgan fingerprint density at radius 1 is 1.30 bits per heavy atom. The van der Waals surface area contributed by atoms with Gasteiger partial charge >= 0.3 is 5.97 Å². The fraction of sp³-hybridized carbons (Fsp3) is 0.200. The van der Waals surface area contributed by atoms with Gasteiger partial charge in [0, 0.05) is 18.2 Å². The molecule has 1 aliphatic heterocycles. The van der Waals surface area contributed by atoms with Gasteiger partial charge in [-0.25, -0.2) is 0 Å². The van der Waals surface area contributed by atoms with Crippen LogP contribution in [0.1, 0.15) is 34.3 Å². The van der Waals surface area contributed by atoms with Crippen LogP contribution in [-0.4, -0.2) is 16.7 Å². The summed E-state index contributed by atoms with van der Waals surface area (Å²) in [4.78, 5) is 34.9. The highest BCUT2D eigenvalue weighted by Gasteiger charge is 2.33. The van der Waals surface area contributed by atoms with Crippen molar-refractivity contribution < 1.29 is 24.0 Å². The van der Waals surface area contributed by atoms with Gasteiger partial charge in [-0.2, -0.15) is 0 Å². The van der Waals surface area contributed by atoms with Crippen LogP contribution in [0.15, 0.2) is 42.2 Å². The Kier molecular flexibility index (Phi) is 3.99. The van der Waals surface area contributed by atoms with Crippen molar-refractivity contribution in [3.8, 4) is 11.5 Å². The predicted molar refractivity (Wildman–Crippen MR) is 95.6 cm³/mol. The predicted octanol–water partition coefficient (Wildman–Crippen LogP) is 3.83. The zero-order valence-corrected chi connectivity index (χ0v) is 14.4. The van der Waals surface area contributed by atoms with E-state index in [0.717, 1.165) is 12.8 Å². The first kappa shape index (κ1) is 17.0. The topological polar surface area (TPSA) is 95.7 Å². The fourth-order valence-corrected chi connectivity index (χ4v) is 2.93. The second-order valence-electron chi connectivity index (χ2n) is 6.60. The van der Waals surface area contributed by atoms with Gasteiger partial charge in [-0.05, 0) is 43.0 Å². The molecule has 0 amide bonds.